The summed E-state index contributed by atoms with van der Waals surface area (Å²) < 4.78 is 0. The van der Waals surface area contributed by atoms with Crippen molar-refractivity contribution < 1.29 is 0 Å². The van der Waals surface area contributed by atoms with Crippen molar-refractivity contribution in [2.75, 3.05) is 0 Å². The summed E-state index contributed by atoms with van der Waals surface area (Å²) in [4.78, 5) is 0. The fraction of sp³-hybridized carbons (Fsp3) is 0.533. The minimum atomic E-state index is 0.629. The highest BCUT2D eigenvalue weighted by Gasteiger charge is 2.40. The van der Waals surface area contributed by atoms with Gasteiger partial charge >= 0.3 is 0 Å². The van der Waals surface area contributed by atoms with Crippen LogP contribution in [0.4, 0.5) is 0 Å². The molecule has 0 amide bonds. The molecule has 0 heterocycles. The number of nitrogens with zero attached hydrogens (tertiary/aromatic N) is 1. The zero-order valence-electron chi connectivity index (χ0n) is 10.3. The third-order valence-electron chi connectivity index (χ3n) is 3.97. The van der Waals surface area contributed by atoms with E-state index in [4.69, 9.17) is 16.9 Å². The molecule has 2 nitrogen and oxygen atoms in total. The van der Waals surface area contributed by atoms with Crippen LogP contribution in [-0.2, 0) is 6.54 Å². The first-order chi connectivity index (χ1) is 8.78. The minimum absolute atomic E-state index is 0.629. The maximum absolute atomic E-state index is 8.81. The molecule has 0 atom stereocenters. The van der Waals surface area contributed by atoms with Crippen LogP contribution in [0.3, 0.4) is 0 Å². The Morgan fingerprint density at radius 2 is 1.94 bits per heavy atom. The molecule has 2 saturated carbocycles. The zero-order chi connectivity index (χ0) is 12.5. The molecule has 18 heavy (non-hydrogen) atoms. The van der Waals surface area contributed by atoms with E-state index in [1.165, 1.54) is 25.7 Å². The highest BCUT2D eigenvalue weighted by atomic mass is 35.5. The van der Waals surface area contributed by atoms with E-state index in [1.807, 2.05) is 12.1 Å². The van der Waals surface area contributed by atoms with Gasteiger partial charge in [0, 0.05) is 17.6 Å². The Morgan fingerprint density at radius 1 is 1.28 bits per heavy atom. The second-order valence-electron chi connectivity index (χ2n) is 5.50. The van der Waals surface area contributed by atoms with Gasteiger partial charge in [-0.2, -0.15) is 5.26 Å². The van der Waals surface area contributed by atoms with E-state index >= 15 is 0 Å². The molecule has 2 aliphatic carbocycles. The van der Waals surface area contributed by atoms with E-state index in [1.54, 1.807) is 6.07 Å². The number of hydrogen-bond acceptors (Lipinski definition) is 2. The summed E-state index contributed by atoms with van der Waals surface area (Å²) in [6, 6.07) is 8.36. The molecule has 0 aliphatic heterocycles. The molecule has 0 spiro atoms. The molecule has 0 unspecified atom stereocenters. The van der Waals surface area contributed by atoms with Gasteiger partial charge in [0.15, 0.2) is 0 Å². The second kappa shape index (κ2) is 4.91. The lowest BCUT2D eigenvalue weighted by molar-refractivity contribution is 0.416. The molecule has 1 aromatic carbocycles. The van der Waals surface area contributed by atoms with Crippen molar-refractivity contribution in [2.45, 2.75) is 38.3 Å². The van der Waals surface area contributed by atoms with Crippen LogP contribution in [0.25, 0.3) is 0 Å². The van der Waals surface area contributed by atoms with Crippen LogP contribution in [0.5, 0.6) is 0 Å². The van der Waals surface area contributed by atoms with Crippen molar-refractivity contribution in [1.82, 2.24) is 5.32 Å². The van der Waals surface area contributed by atoms with Gasteiger partial charge in [-0.15, -0.1) is 0 Å². The first kappa shape index (κ1) is 12.0. The number of benzene rings is 1. The number of hydrogen-bond donors (Lipinski definition) is 1. The van der Waals surface area contributed by atoms with Gasteiger partial charge in [0.1, 0.15) is 0 Å². The van der Waals surface area contributed by atoms with E-state index in [2.05, 4.69) is 11.4 Å². The van der Waals surface area contributed by atoms with Crippen LogP contribution < -0.4 is 5.32 Å². The van der Waals surface area contributed by atoms with Crippen molar-refractivity contribution in [3.63, 3.8) is 0 Å². The van der Waals surface area contributed by atoms with E-state index in [0.717, 1.165) is 23.9 Å². The third-order valence-corrected chi connectivity index (χ3v) is 4.32. The van der Waals surface area contributed by atoms with Crippen LogP contribution >= 0.6 is 11.6 Å². The standard InChI is InChI=1S/C15H17ClN2/c16-14-7-10(8-17)1-2-13(14)9-18-15(11-3-4-11)12-5-6-12/h1-2,7,11-12,15,18H,3-6,9H2. The van der Waals surface area contributed by atoms with E-state index in [9.17, 15) is 0 Å². The molecule has 2 fully saturated rings. The molecule has 94 valence electrons. The van der Waals surface area contributed by atoms with Gasteiger partial charge in [0.2, 0.25) is 0 Å². The van der Waals surface area contributed by atoms with Crippen LogP contribution in [0, 0.1) is 23.2 Å². The van der Waals surface area contributed by atoms with Crippen LogP contribution in [0.15, 0.2) is 18.2 Å². The Morgan fingerprint density at radius 3 is 2.44 bits per heavy atom. The fourth-order valence-corrected chi connectivity index (χ4v) is 2.86. The molecule has 0 radical (unpaired) electrons. The van der Waals surface area contributed by atoms with Crippen molar-refractivity contribution in [3.8, 4) is 6.07 Å². The van der Waals surface area contributed by atoms with Gasteiger partial charge < -0.3 is 5.32 Å². The molecular weight excluding hydrogens is 244 g/mol. The summed E-state index contributed by atoms with van der Waals surface area (Å²) in [6.07, 6.45) is 5.54. The van der Waals surface area contributed by atoms with E-state index < -0.39 is 0 Å². The summed E-state index contributed by atoms with van der Waals surface area (Å²) >= 11 is 6.19. The van der Waals surface area contributed by atoms with Crippen molar-refractivity contribution in [2.24, 2.45) is 11.8 Å². The Hall–Kier alpha value is -1.04. The Balaban J connectivity index is 1.63. The first-order valence-electron chi connectivity index (χ1n) is 6.70. The predicted octanol–water partition coefficient (Wildman–Crippen LogP) is 3.49. The molecule has 3 heteroatoms. The van der Waals surface area contributed by atoms with Gasteiger partial charge in [-0.1, -0.05) is 17.7 Å². The van der Waals surface area contributed by atoms with Crippen molar-refractivity contribution >= 4 is 11.6 Å². The summed E-state index contributed by atoms with van der Waals surface area (Å²) in [5.41, 5.74) is 1.73. The largest absolute Gasteiger partial charge is 0.309 e. The average Bonchev–Trinajstić information content (AvgIpc) is 3.25. The summed E-state index contributed by atoms with van der Waals surface area (Å²) in [7, 11) is 0. The Bertz CT molecular complexity index is 472. The highest BCUT2D eigenvalue weighted by Crippen LogP contribution is 2.44. The topological polar surface area (TPSA) is 35.8 Å². The second-order valence-corrected chi connectivity index (χ2v) is 5.91. The monoisotopic (exact) mass is 260 g/mol. The SMILES string of the molecule is N#Cc1ccc(CNC(C2CC2)C2CC2)c(Cl)c1. The molecule has 0 aromatic heterocycles. The lowest BCUT2D eigenvalue weighted by Crippen LogP contribution is -2.32. The maximum atomic E-state index is 8.81. The number of nitrogens with one attached hydrogen (secondary N) is 1. The molecule has 0 saturated heterocycles. The fourth-order valence-electron chi connectivity index (χ4n) is 2.62. The lowest BCUT2D eigenvalue weighted by Gasteiger charge is -2.18. The predicted molar refractivity (Wildman–Crippen MR) is 72.2 cm³/mol. The molecular formula is C15H17ClN2. The Kier molecular flexibility index (Phi) is 3.28. The summed E-state index contributed by atoms with van der Waals surface area (Å²) in [5, 5.41) is 13.2. The minimum Gasteiger partial charge on any atom is -0.309 e. The van der Waals surface area contributed by atoms with Crippen molar-refractivity contribution in [1.29, 1.82) is 5.26 Å². The normalized spacial score (nSPS) is 18.9. The van der Waals surface area contributed by atoms with Gasteiger partial charge in [-0.25, -0.2) is 0 Å². The quantitative estimate of drug-likeness (QED) is 0.880. The molecule has 1 N–H and O–H groups in total. The average molecular weight is 261 g/mol. The van der Waals surface area contributed by atoms with Crippen molar-refractivity contribution in [3.05, 3.63) is 34.3 Å². The molecule has 0 bridgehead atoms. The van der Waals surface area contributed by atoms with E-state index in [0.29, 0.717) is 16.6 Å². The van der Waals surface area contributed by atoms with Crippen LogP contribution in [0.2, 0.25) is 5.02 Å². The van der Waals surface area contributed by atoms with Gasteiger partial charge in [-0.3, -0.25) is 0 Å². The Labute approximate surface area is 113 Å². The number of halogens is 1. The molecule has 1 aromatic rings. The number of nitriles is 1. The maximum Gasteiger partial charge on any atom is 0.0992 e. The first-order valence-corrected chi connectivity index (χ1v) is 7.07. The molecule has 2 aliphatic rings. The van der Waals surface area contributed by atoms with Gasteiger partial charge in [-0.05, 0) is 55.2 Å². The van der Waals surface area contributed by atoms with E-state index in [-0.39, 0.29) is 0 Å². The summed E-state index contributed by atoms with van der Waals surface area (Å²) in [5.74, 6) is 1.80. The highest BCUT2D eigenvalue weighted by molar-refractivity contribution is 6.31. The smallest absolute Gasteiger partial charge is 0.0992 e. The number of rotatable bonds is 5. The van der Waals surface area contributed by atoms with Crippen LogP contribution in [0.1, 0.15) is 36.8 Å². The lowest BCUT2D eigenvalue weighted by atomic mass is 10.1. The van der Waals surface area contributed by atoms with Crippen LogP contribution in [-0.4, -0.2) is 6.04 Å². The zero-order valence-corrected chi connectivity index (χ0v) is 11.1. The third kappa shape index (κ3) is 2.68. The summed E-state index contributed by atoms with van der Waals surface area (Å²) in [6.45, 7) is 0.822. The molecule has 3 rings (SSSR count). The van der Waals surface area contributed by atoms with Gasteiger partial charge in [0.05, 0.1) is 11.6 Å². The van der Waals surface area contributed by atoms with Gasteiger partial charge in [0.25, 0.3) is 0 Å².